The van der Waals surface area contributed by atoms with Crippen molar-refractivity contribution < 1.29 is 14.3 Å². The Hall–Kier alpha value is -4.51. The first-order valence-electron chi connectivity index (χ1n) is 12.5. The van der Waals surface area contributed by atoms with Gasteiger partial charge in [-0.25, -0.2) is 9.97 Å². The van der Waals surface area contributed by atoms with E-state index in [4.69, 9.17) is 31.8 Å². The van der Waals surface area contributed by atoms with Crippen molar-refractivity contribution in [1.29, 1.82) is 10.8 Å². The highest BCUT2D eigenvalue weighted by molar-refractivity contribution is 5.96. The summed E-state index contributed by atoms with van der Waals surface area (Å²) in [6.45, 7) is 6.19. The molecule has 0 radical (unpaired) electrons. The summed E-state index contributed by atoms with van der Waals surface area (Å²) < 4.78 is 11.9. The summed E-state index contributed by atoms with van der Waals surface area (Å²) in [5.74, 6) is 0.968. The predicted octanol–water partition coefficient (Wildman–Crippen LogP) is 3.19. The molecule has 0 aliphatic carbocycles. The van der Waals surface area contributed by atoms with Crippen molar-refractivity contribution in [2.75, 3.05) is 32.7 Å². The number of hydrogen-bond donors (Lipinski definition) is 4. The second kappa shape index (κ2) is 12.2. The molecule has 11 heteroatoms. The third-order valence-electron chi connectivity index (χ3n) is 6.15. The van der Waals surface area contributed by atoms with Crippen LogP contribution in [0, 0.1) is 10.8 Å². The Bertz CT molecular complexity index is 1210. The van der Waals surface area contributed by atoms with Gasteiger partial charge in [-0.05, 0) is 37.2 Å². The van der Waals surface area contributed by atoms with E-state index in [0.717, 1.165) is 32.5 Å². The molecule has 1 aliphatic heterocycles. The van der Waals surface area contributed by atoms with Crippen molar-refractivity contribution in [2.45, 2.75) is 19.8 Å². The van der Waals surface area contributed by atoms with Gasteiger partial charge in [0, 0.05) is 73.5 Å². The van der Waals surface area contributed by atoms with Gasteiger partial charge in [-0.1, -0.05) is 13.3 Å². The molecule has 11 nitrogen and oxygen atoms in total. The van der Waals surface area contributed by atoms with E-state index < -0.39 is 0 Å². The Kier molecular flexibility index (Phi) is 8.49. The largest absolute Gasteiger partial charge is 0.439 e. The zero-order valence-electron chi connectivity index (χ0n) is 21.3. The standard InChI is InChI=1S/C27H32N8O3/c1-2-3-8-34-9-11-35(12-10-34)27(36)20-13-21(37-23-6-4-18(16-32-23)25(28)29)15-22(14-20)38-24-7-5-19(17-33-24)26(30)31/h4-7,13-17H,2-3,8-12H2,1H3,(H3,28,29)(H3,30,31). The average molecular weight is 517 g/mol. The van der Waals surface area contributed by atoms with Gasteiger partial charge in [0.05, 0.1) is 0 Å². The lowest BCUT2D eigenvalue weighted by molar-refractivity contribution is 0.0635. The number of nitrogens with one attached hydrogen (secondary N) is 2. The van der Waals surface area contributed by atoms with Gasteiger partial charge in [0.25, 0.3) is 5.91 Å². The van der Waals surface area contributed by atoms with E-state index >= 15 is 0 Å². The maximum absolute atomic E-state index is 13.5. The normalized spacial score (nSPS) is 13.7. The molecule has 1 fully saturated rings. The number of piperazine rings is 1. The monoisotopic (exact) mass is 516 g/mol. The number of ether oxygens (including phenoxy) is 2. The lowest BCUT2D eigenvalue weighted by atomic mass is 10.1. The fraction of sp³-hybridized carbons (Fsp3) is 0.296. The van der Waals surface area contributed by atoms with Crippen LogP contribution in [0.25, 0.3) is 0 Å². The molecule has 38 heavy (non-hydrogen) atoms. The minimum absolute atomic E-state index is 0.0922. The Balaban J connectivity index is 1.57. The van der Waals surface area contributed by atoms with E-state index in [1.807, 2.05) is 4.90 Å². The number of nitrogens with zero attached hydrogens (tertiary/aromatic N) is 4. The molecule has 0 unspecified atom stereocenters. The van der Waals surface area contributed by atoms with Crippen molar-refractivity contribution in [3.63, 3.8) is 0 Å². The van der Waals surface area contributed by atoms with Gasteiger partial charge in [0.2, 0.25) is 11.8 Å². The molecule has 2 aromatic heterocycles. The van der Waals surface area contributed by atoms with Crippen LogP contribution in [0.15, 0.2) is 54.9 Å². The zero-order valence-corrected chi connectivity index (χ0v) is 21.3. The first kappa shape index (κ1) is 26.6. The molecule has 1 amide bonds. The highest BCUT2D eigenvalue weighted by Gasteiger charge is 2.23. The lowest BCUT2D eigenvalue weighted by Crippen LogP contribution is -2.48. The summed E-state index contributed by atoms with van der Waals surface area (Å²) in [5, 5.41) is 15.1. The minimum Gasteiger partial charge on any atom is -0.439 e. The van der Waals surface area contributed by atoms with Crippen molar-refractivity contribution in [3.8, 4) is 23.3 Å². The number of carbonyl (C=O) groups excluding carboxylic acids is 1. The lowest BCUT2D eigenvalue weighted by Gasteiger charge is -2.34. The third-order valence-corrected chi connectivity index (χ3v) is 6.15. The van der Waals surface area contributed by atoms with Crippen LogP contribution >= 0.6 is 0 Å². The molecule has 3 aromatic rings. The van der Waals surface area contributed by atoms with Gasteiger partial charge in [-0.2, -0.15) is 0 Å². The van der Waals surface area contributed by atoms with Crippen LogP contribution in [0.2, 0.25) is 0 Å². The number of benzene rings is 1. The highest BCUT2D eigenvalue weighted by Crippen LogP contribution is 2.30. The second-order valence-electron chi connectivity index (χ2n) is 8.98. The molecule has 0 bridgehead atoms. The van der Waals surface area contributed by atoms with E-state index in [0.29, 0.717) is 41.3 Å². The molecule has 6 N–H and O–H groups in total. The minimum atomic E-state index is -0.116. The van der Waals surface area contributed by atoms with Gasteiger partial charge in [-0.3, -0.25) is 20.5 Å². The number of carbonyl (C=O) groups is 1. The van der Waals surface area contributed by atoms with Gasteiger partial charge in [0.15, 0.2) is 0 Å². The topological polar surface area (TPSA) is 168 Å². The number of nitrogens with two attached hydrogens (primary N) is 2. The molecular weight excluding hydrogens is 484 g/mol. The second-order valence-corrected chi connectivity index (χ2v) is 8.98. The van der Waals surface area contributed by atoms with Crippen LogP contribution in [0.3, 0.4) is 0 Å². The van der Waals surface area contributed by atoms with E-state index in [9.17, 15) is 4.79 Å². The van der Waals surface area contributed by atoms with E-state index in [1.54, 1.807) is 42.5 Å². The zero-order chi connectivity index (χ0) is 27.1. The number of amidine groups is 2. The van der Waals surface area contributed by atoms with Crippen molar-refractivity contribution in [1.82, 2.24) is 19.8 Å². The number of hydrogen-bond acceptors (Lipinski definition) is 8. The molecule has 1 aliphatic rings. The number of amides is 1. The number of aromatic nitrogens is 2. The van der Waals surface area contributed by atoms with Gasteiger partial charge in [0.1, 0.15) is 23.2 Å². The van der Waals surface area contributed by atoms with E-state index in [2.05, 4.69) is 21.8 Å². The number of pyridine rings is 2. The molecule has 0 saturated carbocycles. The maximum atomic E-state index is 13.5. The van der Waals surface area contributed by atoms with Crippen LogP contribution in [0.1, 0.15) is 41.3 Å². The summed E-state index contributed by atoms with van der Waals surface area (Å²) in [5.41, 5.74) is 12.4. The Labute approximate surface area is 221 Å². The van der Waals surface area contributed by atoms with Gasteiger partial charge < -0.3 is 25.8 Å². The summed E-state index contributed by atoms with van der Waals surface area (Å²) in [6, 6.07) is 11.4. The first-order valence-corrected chi connectivity index (χ1v) is 12.5. The Morgan fingerprint density at radius 3 is 1.79 bits per heavy atom. The Morgan fingerprint density at radius 2 is 1.37 bits per heavy atom. The third kappa shape index (κ3) is 6.83. The number of nitrogen functional groups attached to an aromatic ring is 2. The van der Waals surface area contributed by atoms with Crippen LogP contribution in [-0.2, 0) is 0 Å². The molecule has 1 saturated heterocycles. The van der Waals surface area contributed by atoms with Crippen LogP contribution in [-0.4, -0.2) is 70.1 Å². The molecule has 0 spiro atoms. The van der Waals surface area contributed by atoms with Crippen molar-refractivity contribution >= 4 is 17.6 Å². The fourth-order valence-corrected chi connectivity index (χ4v) is 3.99. The van der Waals surface area contributed by atoms with E-state index in [1.165, 1.54) is 12.4 Å². The van der Waals surface area contributed by atoms with Crippen molar-refractivity contribution in [3.05, 3.63) is 71.5 Å². The number of unbranched alkanes of at least 4 members (excludes halogenated alkanes) is 1. The maximum Gasteiger partial charge on any atom is 0.254 e. The summed E-state index contributed by atoms with van der Waals surface area (Å²) in [7, 11) is 0. The molecule has 1 aromatic carbocycles. The summed E-state index contributed by atoms with van der Waals surface area (Å²) in [4.78, 5) is 26.1. The van der Waals surface area contributed by atoms with Crippen LogP contribution < -0.4 is 20.9 Å². The Morgan fingerprint density at radius 1 is 0.842 bits per heavy atom. The summed E-state index contributed by atoms with van der Waals surface area (Å²) >= 11 is 0. The summed E-state index contributed by atoms with van der Waals surface area (Å²) in [6.07, 6.45) is 5.19. The fourth-order valence-electron chi connectivity index (χ4n) is 3.99. The SMILES string of the molecule is CCCCN1CCN(C(=O)c2cc(Oc3ccc(C(=N)N)cn3)cc(Oc3ccc(C(=N)N)cn3)c2)CC1. The molecule has 3 heterocycles. The molecule has 0 atom stereocenters. The first-order chi connectivity index (χ1) is 18.3. The van der Waals surface area contributed by atoms with E-state index in [-0.39, 0.29) is 29.3 Å². The predicted molar refractivity (Wildman–Crippen MR) is 144 cm³/mol. The average Bonchev–Trinajstić information content (AvgIpc) is 2.92. The smallest absolute Gasteiger partial charge is 0.254 e. The van der Waals surface area contributed by atoms with Crippen molar-refractivity contribution in [2.24, 2.45) is 11.5 Å². The quantitative estimate of drug-likeness (QED) is 0.235. The van der Waals surface area contributed by atoms with Crippen LogP contribution in [0.5, 0.6) is 23.3 Å². The number of rotatable bonds is 10. The molecular formula is C27H32N8O3. The molecule has 4 rings (SSSR count). The highest BCUT2D eigenvalue weighted by atomic mass is 16.5. The molecule has 198 valence electrons. The van der Waals surface area contributed by atoms with Crippen LogP contribution in [0.4, 0.5) is 0 Å². The van der Waals surface area contributed by atoms with Gasteiger partial charge >= 0.3 is 0 Å². The van der Waals surface area contributed by atoms with Gasteiger partial charge in [-0.15, -0.1) is 0 Å².